The Morgan fingerprint density at radius 1 is 1.11 bits per heavy atom. The summed E-state index contributed by atoms with van der Waals surface area (Å²) in [4.78, 5) is 16.3. The Labute approximate surface area is 159 Å². The van der Waals surface area contributed by atoms with Crippen LogP contribution < -0.4 is 10.1 Å². The van der Waals surface area contributed by atoms with Crippen molar-refractivity contribution in [1.29, 1.82) is 0 Å². The number of rotatable bonds is 7. The van der Waals surface area contributed by atoms with E-state index in [4.69, 9.17) is 4.74 Å². The number of alkyl halides is 3. The van der Waals surface area contributed by atoms with E-state index >= 15 is 0 Å². The van der Waals surface area contributed by atoms with Crippen LogP contribution in [0.5, 0.6) is 5.75 Å². The van der Waals surface area contributed by atoms with Gasteiger partial charge in [-0.05, 0) is 35.4 Å². The van der Waals surface area contributed by atoms with Crippen LogP contribution in [0.25, 0.3) is 0 Å². The number of halogens is 3. The third kappa shape index (κ3) is 5.87. The fourth-order valence-corrected chi connectivity index (χ4v) is 2.55. The van der Waals surface area contributed by atoms with Crippen LogP contribution in [0.3, 0.4) is 0 Å². The molecule has 2 aromatic carbocycles. The molecular weight excluding hydrogens is 371 g/mol. The van der Waals surface area contributed by atoms with Crippen LogP contribution in [0.2, 0.25) is 0 Å². The van der Waals surface area contributed by atoms with Crippen molar-refractivity contribution in [3.05, 3.63) is 83.9 Å². The smallest absolute Gasteiger partial charge is 0.422 e. The molecular formula is C20H18F3N3O2. The minimum absolute atomic E-state index is 0.105. The molecule has 8 heteroatoms. The molecule has 1 aromatic heterocycles. The van der Waals surface area contributed by atoms with E-state index in [1.807, 2.05) is 22.9 Å². The Bertz CT molecular complexity index is 907. The molecule has 0 saturated heterocycles. The second-order valence-electron chi connectivity index (χ2n) is 6.17. The van der Waals surface area contributed by atoms with Gasteiger partial charge in [-0.2, -0.15) is 13.2 Å². The Morgan fingerprint density at radius 2 is 1.89 bits per heavy atom. The van der Waals surface area contributed by atoms with E-state index in [9.17, 15) is 18.0 Å². The largest absolute Gasteiger partial charge is 0.484 e. The molecule has 0 spiro atoms. The maximum atomic E-state index is 12.3. The minimum Gasteiger partial charge on any atom is -0.484 e. The van der Waals surface area contributed by atoms with E-state index in [1.54, 1.807) is 36.8 Å². The predicted octanol–water partition coefficient (Wildman–Crippen LogP) is 3.80. The lowest BCUT2D eigenvalue weighted by molar-refractivity contribution is -0.153. The highest BCUT2D eigenvalue weighted by molar-refractivity contribution is 5.94. The SMILES string of the molecule is O=C(NCc1cccc(OCC(F)(F)F)c1)c1ccc(Cn2ccnc2)cc1. The number of hydrogen-bond acceptors (Lipinski definition) is 3. The zero-order valence-corrected chi connectivity index (χ0v) is 14.8. The molecule has 0 fully saturated rings. The molecule has 1 N–H and O–H groups in total. The van der Waals surface area contributed by atoms with Crippen molar-refractivity contribution in [2.45, 2.75) is 19.3 Å². The number of carbonyl (C=O) groups excluding carboxylic acids is 1. The van der Waals surface area contributed by atoms with Gasteiger partial charge in [0, 0.05) is 31.0 Å². The molecule has 0 aliphatic heterocycles. The number of nitrogens with zero attached hydrogens (tertiary/aromatic N) is 2. The zero-order chi connectivity index (χ0) is 20.0. The summed E-state index contributed by atoms with van der Waals surface area (Å²) >= 11 is 0. The number of amides is 1. The van der Waals surface area contributed by atoms with Gasteiger partial charge in [0.2, 0.25) is 0 Å². The van der Waals surface area contributed by atoms with Gasteiger partial charge >= 0.3 is 6.18 Å². The summed E-state index contributed by atoms with van der Waals surface area (Å²) in [6.45, 7) is -0.514. The number of nitrogens with one attached hydrogen (secondary N) is 1. The third-order valence-corrected chi connectivity index (χ3v) is 3.89. The molecule has 0 bridgehead atoms. The lowest BCUT2D eigenvalue weighted by Crippen LogP contribution is -2.23. The van der Waals surface area contributed by atoms with Crippen LogP contribution >= 0.6 is 0 Å². The van der Waals surface area contributed by atoms with Crippen LogP contribution in [0.4, 0.5) is 13.2 Å². The Hall–Kier alpha value is -3.29. The highest BCUT2D eigenvalue weighted by atomic mass is 19.4. The lowest BCUT2D eigenvalue weighted by atomic mass is 10.1. The predicted molar refractivity (Wildman–Crippen MR) is 96.9 cm³/mol. The molecule has 0 saturated carbocycles. The van der Waals surface area contributed by atoms with E-state index in [1.165, 1.54) is 12.1 Å². The average Bonchev–Trinajstić information content (AvgIpc) is 3.18. The fraction of sp³-hybridized carbons (Fsp3) is 0.200. The highest BCUT2D eigenvalue weighted by Gasteiger charge is 2.28. The maximum Gasteiger partial charge on any atom is 0.422 e. The van der Waals surface area contributed by atoms with Crippen molar-refractivity contribution in [2.24, 2.45) is 0 Å². The maximum absolute atomic E-state index is 12.3. The Kier molecular flexibility index (Phi) is 5.98. The van der Waals surface area contributed by atoms with Gasteiger partial charge in [-0.1, -0.05) is 24.3 Å². The van der Waals surface area contributed by atoms with E-state index in [0.29, 0.717) is 17.7 Å². The van der Waals surface area contributed by atoms with Crippen molar-refractivity contribution >= 4 is 5.91 Å². The van der Waals surface area contributed by atoms with Crippen molar-refractivity contribution < 1.29 is 22.7 Å². The molecule has 1 heterocycles. The number of benzene rings is 2. The molecule has 0 radical (unpaired) electrons. The monoisotopic (exact) mass is 389 g/mol. The van der Waals surface area contributed by atoms with Crippen molar-refractivity contribution in [1.82, 2.24) is 14.9 Å². The fourth-order valence-electron chi connectivity index (χ4n) is 2.55. The molecule has 5 nitrogen and oxygen atoms in total. The van der Waals surface area contributed by atoms with E-state index in [2.05, 4.69) is 10.3 Å². The molecule has 1 amide bonds. The van der Waals surface area contributed by atoms with Crippen molar-refractivity contribution in [2.75, 3.05) is 6.61 Å². The van der Waals surface area contributed by atoms with E-state index in [0.717, 1.165) is 5.56 Å². The summed E-state index contributed by atoms with van der Waals surface area (Å²) in [6, 6.07) is 13.4. The number of imidazole rings is 1. The molecule has 146 valence electrons. The summed E-state index contributed by atoms with van der Waals surface area (Å²) < 4.78 is 43.3. The minimum atomic E-state index is -4.39. The van der Waals surface area contributed by atoms with Crippen LogP contribution in [-0.4, -0.2) is 28.2 Å². The molecule has 3 aromatic rings. The van der Waals surface area contributed by atoms with Crippen LogP contribution in [0.1, 0.15) is 21.5 Å². The van der Waals surface area contributed by atoms with Gasteiger partial charge in [-0.15, -0.1) is 0 Å². The normalized spacial score (nSPS) is 11.2. The Balaban J connectivity index is 1.53. The van der Waals surface area contributed by atoms with Gasteiger partial charge in [0.05, 0.1) is 6.33 Å². The molecule has 0 atom stereocenters. The number of aromatic nitrogens is 2. The molecule has 3 rings (SSSR count). The summed E-state index contributed by atoms with van der Waals surface area (Å²) in [5.74, 6) is -0.163. The van der Waals surface area contributed by atoms with Crippen LogP contribution in [0.15, 0.2) is 67.3 Å². The zero-order valence-electron chi connectivity index (χ0n) is 14.8. The Morgan fingerprint density at radius 3 is 2.57 bits per heavy atom. The quantitative estimate of drug-likeness (QED) is 0.669. The summed E-state index contributed by atoms with van der Waals surface area (Å²) in [6.07, 6.45) is 0.875. The van der Waals surface area contributed by atoms with E-state index < -0.39 is 12.8 Å². The lowest BCUT2D eigenvalue weighted by Gasteiger charge is -2.11. The van der Waals surface area contributed by atoms with Gasteiger partial charge in [0.25, 0.3) is 5.91 Å². The standard InChI is InChI=1S/C20H18F3N3O2/c21-20(22,23)13-28-18-3-1-2-16(10-18)11-25-19(27)17-6-4-15(5-7-17)12-26-9-8-24-14-26/h1-10,14H,11-13H2,(H,25,27). The van der Waals surface area contributed by atoms with Crippen LogP contribution in [-0.2, 0) is 13.1 Å². The topological polar surface area (TPSA) is 56.1 Å². The second-order valence-corrected chi connectivity index (χ2v) is 6.17. The number of ether oxygens (including phenoxy) is 1. The van der Waals surface area contributed by atoms with Gasteiger partial charge in [-0.25, -0.2) is 4.98 Å². The molecule has 28 heavy (non-hydrogen) atoms. The van der Waals surface area contributed by atoms with E-state index in [-0.39, 0.29) is 18.2 Å². The molecule has 0 unspecified atom stereocenters. The summed E-state index contributed by atoms with van der Waals surface area (Å²) in [7, 11) is 0. The highest BCUT2D eigenvalue weighted by Crippen LogP contribution is 2.19. The summed E-state index contributed by atoms with van der Waals surface area (Å²) in [5, 5.41) is 2.75. The first-order valence-corrected chi connectivity index (χ1v) is 8.50. The third-order valence-electron chi connectivity index (χ3n) is 3.89. The van der Waals surface area contributed by atoms with Crippen molar-refractivity contribution in [3.63, 3.8) is 0 Å². The van der Waals surface area contributed by atoms with Gasteiger partial charge in [0.1, 0.15) is 5.75 Å². The second kappa shape index (κ2) is 8.60. The van der Waals surface area contributed by atoms with Gasteiger partial charge in [0.15, 0.2) is 6.61 Å². The van der Waals surface area contributed by atoms with Crippen molar-refractivity contribution in [3.8, 4) is 5.75 Å². The average molecular weight is 389 g/mol. The number of hydrogen-bond donors (Lipinski definition) is 1. The first-order chi connectivity index (χ1) is 13.4. The molecule has 0 aliphatic rings. The van der Waals surface area contributed by atoms with Gasteiger partial charge < -0.3 is 14.6 Å². The van der Waals surface area contributed by atoms with Crippen LogP contribution in [0, 0.1) is 0 Å². The first-order valence-electron chi connectivity index (χ1n) is 8.50. The number of carbonyl (C=O) groups is 1. The first kappa shape index (κ1) is 19.5. The molecule has 0 aliphatic carbocycles. The van der Waals surface area contributed by atoms with Gasteiger partial charge in [-0.3, -0.25) is 4.79 Å². The summed E-state index contributed by atoms with van der Waals surface area (Å²) in [5.41, 5.74) is 2.17.